The molecule has 0 bridgehead atoms. The highest BCUT2D eigenvalue weighted by Gasteiger charge is 2.39. The van der Waals surface area contributed by atoms with Gasteiger partial charge in [-0.1, -0.05) is 154 Å². The number of carbonyl (C=O) groups excluding carboxylic acids is 2. The minimum atomic E-state index is -0.844. The zero-order valence-electron chi connectivity index (χ0n) is 31.5. The molecule has 288 valence electrons. The van der Waals surface area contributed by atoms with Crippen molar-refractivity contribution in [1.82, 2.24) is 0 Å². The first kappa shape index (κ1) is 45.5. The van der Waals surface area contributed by atoms with Crippen LogP contribution in [0.4, 0.5) is 0 Å². The molecule has 1 aliphatic carbocycles. The molecule has 0 aromatic rings. The first-order valence-electron chi connectivity index (χ1n) is 20.5. The molecule has 4 N–H and O–H groups in total. The predicted molar refractivity (Wildman–Crippen MR) is 198 cm³/mol. The van der Waals surface area contributed by atoms with Crippen molar-refractivity contribution in [2.45, 2.75) is 212 Å². The number of rotatable bonds is 33. The summed E-state index contributed by atoms with van der Waals surface area (Å²) >= 11 is 0. The van der Waals surface area contributed by atoms with E-state index in [4.69, 9.17) is 9.47 Å². The normalized spacial score (nSPS) is 20.5. The fraction of sp³-hybridized carbons (Fsp3) is 0.902. The molecule has 0 radical (unpaired) electrons. The van der Waals surface area contributed by atoms with Gasteiger partial charge in [-0.05, 0) is 31.6 Å². The van der Waals surface area contributed by atoms with Gasteiger partial charge in [0.1, 0.15) is 6.61 Å². The molecule has 0 aromatic carbocycles. The summed E-state index contributed by atoms with van der Waals surface area (Å²) in [6.07, 6.45) is 29.1. The van der Waals surface area contributed by atoms with E-state index < -0.39 is 30.4 Å². The minimum absolute atomic E-state index is 0.0358. The van der Waals surface area contributed by atoms with E-state index in [1.54, 1.807) is 6.08 Å². The van der Waals surface area contributed by atoms with Crippen molar-refractivity contribution in [2.24, 2.45) is 11.8 Å². The van der Waals surface area contributed by atoms with Crippen LogP contribution in [0, 0.1) is 11.8 Å². The highest BCUT2D eigenvalue weighted by molar-refractivity contribution is 5.70. The number of aliphatic hydroxyl groups is 4. The number of aliphatic hydroxyl groups excluding tert-OH is 4. The summed E-state index contributed by atoms with van der Waals surface area (Å²) in [6, 6.07) is 0. The lowest BCUT2D eigenvalue weighted by molar-refractivity contribution is -0.161. The average molecular weight is 697 g/mol. The zero-order valence-corrected chi connectivity index (χ0v) is 31.5. The molecule has 0 heterocycles. The third kappa shape index (κ3) is 24.4. The van der Waals surface area contributed by atoms with Gasteiger partial charge < -0.3 is 29.9 Å². The van der Waals surface area contributed by atoms with Gasteiger partial charge in [0, 0.05) is 25.2 Å². The molecule has 8 nitrogen and oxygen atoms in total. The molecular formula is C41H76O8. The van der Waals surface area contributed by atoms with Crippen LogP contribution in [-0.2, 0) is 19.1 Å². The Kier molecular flexibility index (Phi) is 29.1. The van der Waals surface area contributed by atoms with Gasteiger partial charge in [0.05, 0.1) is 24.9 Å². The summed E-state index contributed by atoms with van der Waals surface area (Å²) in [5.74, 6) is -0.912. The lowest BCUT2D eigenvalue weighted by Crippen LogP contribution is -2.28. The van der Waals surface area contributed by atoms with Gasteiger partial charge in [0.15, 0.2) is 6.10 Å². The van der Waals surface area contributed by atoms with Crippen molar-refractivity contribution < 1.29 is 39.5 Å². The van der Waals surface area contributed by atoms with Gasteiger partial charge >= 0.3 is 11.9 Å². The van der Waals surface area contributed by atoms with Crippen LogP contribution in [0.1, 0.15) is 187 Å². The lowest BCUT2D eigenvalue weighted by Gasteiger charge is -2.21. The van der Waals surface area contributed by atoms with Crippen molar-refractivity contribution in [2.75, 3.05) is 13.2 Å². The number of carbonyl (C=O) groups is 2. The maximum atomic E-state index is 12.3. The molecule has 6 atom stereocenters. The molecule has 0 amide bonds. The maximum Gasteiger partial charge on any atom is 0.306 e. The second-order valence-corrected chi connectivity index (χ2v) is 14.7. The van der Waals surface area contributed by atoms with Gasteiger partial charge in [-0.2, -0.15) is 0 Å². The lowest BCUT2D eigenvalue weighted by atomic mass is 9.88. The quantitative estimate of drug-likeness (QED) is 0.0304. The van der Waals surface area contributed by atoms with Crippen LogP contribution in [0.5, 0.6) is 0 Å². The summed E-state index contributed by atoms with van der Waals surface area (Å²) in [5, 5.41) is 40.8. The van der Waals surface area contributed by atoms with Crippen LogP contribution >= 0.6 is 0 Å². The molecular weight excluding hydrogens is 620 g/mol. The fourth-order valence-electron chi connectivity index (χ4n) is 7.00. The number of unbranched alkanes of at least 4 members (excludes halogenated alkanes) is 19. The third-order valence-corrected chi connectivity index (χ3v) is 10.2. The van der Waals surface area contributed by atoms with Crippen LogP contribution in [-0.4, -0.2) is 70.0 Å². The molecule has 0 aromatic heterocycles. The topological polar surface area (TPSA) is 134 Å². The monoisotopic (exact) mass is 697 g/mol. The smallest absolute Gasteiger partial charge is 0.306 e. The molecule has 1 saturated carbocycles. The number of ether oxygens (including phenoxy) is 2. The molecule has 0 spiro atoms. The van der Waals surface area contributed by atoms with Gasteiger partial charge in [-0.25, -0.2) is 0 Å². The largest absolute Gasteiger partial charge is 0.462 e. The summed E-state index contributed by atoms with van der Waals surface area (Å²) in [7, 11) is 0. The Balaban J connectivity index is 2.07. The van der Waals surface area contributed by atoms with Crippen molar-refractivity contribution in [1.29, 1.82) is 0 Å². The Hall–Kier alpha value is -1.48. The second-order valence-electron chi connectivity index (χ2n) is 14.7. The number of esters is 2. The molecule has 1 fully saturated rings. The molecule has 8 heteroatoms. The van der Waals surface area contributed by atoms with Crippen molar-refractivity contribution >= 4 is 11.9 Å². The SMILES string of the molecule is CCCCCCCCCCCCCCCCCC(=O)OC[C@H](CO)OC(=O)CCCCCC[C@@H]1[C@@H](/C=C/[C@@H](O)CCCCC)[C@H](O)C[C@@H]1O. The summed E-state index contributed by atoms with van der Waals surface area (Å²) in [4.78, 5) is 24.4. The van der Waals surface area contributed by atoms with E-state index in [2.05, 4.69) is 13.8 Å². The summed E-state index contributed by atoms with van der Waals surface area (Å²) in [5.41, 5.74) is 0. The molecule has 0 aliphatic heterocycles. The molecule has 1 rings (SSSR count). The van der Waals surface area contributed by atoms with Crippen LogP contribution in [0.15, 0.2) is 12.2 Å². The highest BCUT2D eigenvalue weighted by atomic mass is 16.6. The number of hydrogen-bond donors (Lipinski definition) is 4. The van der Waals surface area contributed by atoms with Crippen LogP contribution < -0.4 is 0 Å². The van der Waals surface area contributed by atoms with Gasteiger partial charge in [-0.15, -0.1) is 0 Å². The van der Waals surface area contributed by atoms with Gasteiger partial charge in [-0.3, -0.25) is 9.59 Å². The van der Waals surface area contributed by atoms with E-state index >= 15 is 0 Å². The predicted octanol–water partition coefficient (Wildman–Crippen LogP) is 8.89. The molecule has 1 aliphatic rings. The summed E-state index contributed by atoms with van der Waals surface area (Å²) < 4.78 is 10.6. The Labute approximate surface area is 299 Å². The fourth-order valence-corrected chi connectivity index (χ4v) is 7.00. The van der Waals surface area contributed by atoms with Crippen molar-refractivity contribution in [3.8, 4) is 0 Å². The third-order valence-electron chi connectivity index (χ3n) is 10.2. The standard InChI is InChI=1S/C41H76O8/c1-3-5-7-8-9-10-11-12-13-14-15-16-17-18-23-27-40(46)48-33-35(32-42)49-41(47)28-24-20-19-22-26-36-37(39(45)31-38(36)44)30-29-34(43)25-21-6-4-2/h29-30,34-39,42-45H,3-28,31-33H2,1-2H3/b30-29+/t34-,35-,36+,37+,38-,39+/m0/s1. The van der Waals surface area contributed by atoms with E-state index in [1.807, 2.05) is 6.08 Å². The first-order chi connectivity index (χ1) is 23.8. The highest BCUT2D eigenvalue weighted by Crippen LogP contribution is 2.37. The molecule has 49 heavy (non-hydrogen) atoms. The molecule has 0 saturated heterocycles. The van der Waals surface area contributed by atoms with Gasteiger partial charge in [0.25, 0.3) is 0 Å². The van der Waals surface area contributed by atoms with Crippen LogP contribution in [0.25, 0.3) is 0 Å². The average Bonchev–Trinajstić information content (AvgIpc) is 3.36. The van der Waals surface area contributed by atoms with E-state index in [-0.39, 0.29) is 37.4 Å². The summed E-state index contributed by atoms with van der Waals surface area (Å²) in [6.45, 7) is 3.88. The van der Waals surface area contributed by atoms with E-state index in [9.17, 15) is 30.0 Å². The zero-order chi connectivity index (χ0) is 36.0. The van der Waals surface area contributed by atoms with E-state index in [0.29, 0.717) is 25.7 Å². The Morgan fingerprint density at radius 3 is 1.71 bits per heavy atom. The number of hydrogen-bond acceptors (Lipinski definition) is 8. The van der Waals surface area contributed by atoms with E-state index in [1.165, 1.54) is 77.0 Å². The van der Waals surface area contributed by atoms with Crippen LogP contribution in [0.3, 0.4) is 0 Å². The maximum absolute atomic E-state index is 12.3. The first-order valence-corrected chi connectivity index (χ1v) is 20.5. The molecule has 0 unspecified atom stereocenters. The van der Waals surface area contributed by atoms with E-state index in [0.717, 1.165) is 64.2 Å². The van der Waals surface area contributed by atoms with Crippen molar-refractivity contribution in [3.63, 3.8) is 0 Å². The van der Waals surface area contributed by atoms with Gasteiger partial charge in [0.2, 0.25) is 0 Å². The second kappa shape index (κ2) is 31.3. The minimum Gasteiger partial charge on any atom is -0.462 e. The Morgan fingerprint density at radius 1 is 0.673 bits per heavy atom. The van der Waals surface area contributed by atoms with Crippen molar-refractivity contribution in [3.05, 3.63) is 12.2 Å². The van der Waals surface area contributed by atoms with Crippen LogP contribution in [0.2, 0.25) is 0 Å². The Bertz CT molecular complexity index is 817. The Morgan fingerprint density at radius 2 is 1.16 bits per heavy atom.